The molecule has 17 heavy (non-hydrogen) atoms. The van der Waals surface area contributed by atoms with Gasteiger partial charge in [0.1, 0.15) is 5.82 Å². The zero-order valence-corrected chi connectivity index (χ0v) is 12.5. The summed E-state index contributed by atoms with van der Waals surface area (Å²) in [5.41, 5.74) is 0.815. The molecule has 0 bridgehead atoms. The maximum atomic E-state index is 13.0. The normalized spacial score (nSPS) is 11.6. The summed E-state index contributed by atoms with van der Waals surface area (Å²) in [6.07, 6.45) is 0. The minimum Gasteiger partial charge on any atom is -0.382 e. The van der Waals surface area contributed by atoms with E-state index in [4.69, 9.17) is 11.6 Å². The third-order valence-corrected chi connectivity index (χ3v) is 3.01. The van der Waals surface area contributed by atoms with Crippen LogP contribution in [0.4, 0.5) is 10.1 Å². The first-order valence-electron chi connectivity index (χ1n) is 5.43. The van der Waals surface area contributed by atoms with E-state index in [1.165, 1.54) is 12.1 Å². The van der Waals surface area contributed by atoms with Gasteiger partial charge in [0.2, 0.25) is 0 Å². The number of anilines is 1. The smallest absolute Gasteiger partial charge is 0.125 e. The quantitative estimate of drug-likeness (QED) is 0.817. The van der Waals surface area contributed by atoms with Gasteiger partial charge in [0.25, 0.3) is 0 Å². The van der Waals surface area contributed by atoms with Gasteiger partial charge in [0.15, 0.2) is 0 Å². The average molecular weight is 324 g/mol. The van der Waals surface area contributed by atoms with Crippen LogP contribution >= 0.6 is 27.5 Å². The monoisotopic (exact) mass is 322 g/mol. The molecule has 1 rings (SSSR count). The Labute approximate surface area is 115 Å². The first kappa shape index (κ1) is 14.7. The molecule has 0 aromatic heterocycles. The lowest BCUT2D eigenvalue weighted by atomic mass is 10.1. The summed E-state index contributed by atoms with van der Waals surface area (Å²) in [4.78, 5) is 0. The summed E-state index contributed by atoms with van der Waals surface area (Å²) in [5.74, 6) is -0.347. The van der Waals surface area contributed by atoms with E-state index in [0.717, 1.165) is 18.8 Å². The van der Waals surface area contributed by atoms with Gasteiger partial charge in [-0.1, -0.05) is 11.6 Å². The SMILES string of the molecule is CC(C)(C)NCCNc1c(Cl)cc(F)cc1Br. The Hall–Kier alpha value is -0.320. The molecule has 0 fully saturated rings. The Kier molecular flexibility index (Phi) is 5.22. The number of hydrogen-bond donors (Lipinski definition) is 2. The molecular formula is C12H17BrClFN2. The lowest BCUT2D eigenvalue weighted by Crippen LogP contribution is -2.38. The van der Waals surface area contributed by atoms with Crippen molar-refractivity contribution in [1.82, 2.24) is 5.32 Å². The Morgan fingerprint density at radius 3 is 2.47 bits per heavy atom. The van der Waals surface area contributed by atoms with E-state index in [2.05, 4.69) is 47.3 Å². The summed E-state index contributed by atoms with van der Waals surface area (Å²) < 4.78 is 13.6. The summed E-state index contributed by atoms with van der Waals surface area (Å²) in [7, 11) is 0. The molecule has 0 saturated heterocycles. The van der Waals surface area contributed by atoms with Crippen LogP contribution in [0, 0.1) is 5.82 Å². The zero-order valence-electron chi connectivity index (χ0n) is 10.2. The highest BCUT2D eigenvalue weighted by atomic mass is 79.9. The molecule has 0 radical (unpaired) electrons. The van der Waals surface area contributed by atoms with Crippen LogP contribution in [0.15, 0.2) is 16.6 Å². The second kappa shape index (κ2) is 6.03. The van der Waals surface area contributed by atoms with Crippen LogP contribution in [0.5, 0.6) is 0 Å². The van der Waals surface area contributed by atoms with Gasteiger partial charge in [-0.15, -0.1) is 0 Å². The highest BCUT2D eigenvalue weighted by Gasteiger charge is 2.09. The van der Waals surface area contributed by atoms with Gasteiger partial charge < -0.3 is 10.6 Å². The van der Waals surface area contributed by atoms with Crippen molar-refractivity contribution in [1.29, 1.82) is 0 Å². The molecule has 1 aromatic carbocycles. The van der Waals surface area contributed by atoms with E-state index in [9.17, 15) is 4.39 Å². The van der Waals surface area contributed by atoms with Crippen molar-refractivity contribution in [3.8, 4) is 0 Å². The molecular weight excluding hydrogens is 307 g/mol. The molecule has 0 unspecified atom stereocenters. The minimum atomic E-state index is -0.347. The number of hydrogen-bond acceptors (Lipinski definition) is 2. The highest BCUT2D eigenvalue weighted by Crippen LogP contribution is 2.31. The number of nitrogens with one attached hydrogen (secondary N) is 2. The van der Waals surface area contributed by atoms with Gasteiger partial charge in [-0.05, 0) is 48.8 Å². The standard InChI is InChI=1S/C12H17BrClFN2/c1-12(2,3)17-5-4-16-11-9(13)6-8(15)7-10(11)14/h6-7,16-17H,4-5H2,1-3H3. The van der Waals surface area contributed by atoms with E-state index in [1.54, 1.807) is 0 Å². The van der Waals surface area contributed by atoms with Crippen LogP contribution in [-0.4, -0.2) is 18.6 Å². The Balaban J connectivity index is 2.53. The topological polar surface area (TPSA) is 24.1 Å². The molecule has 0 saturated carbocycles. The molecule has 1 aromatic rings. The summed E-state index contributed by atoms with van der Waals surface area (Å²) in [6, 6.07) is 2.69. The molecule has 0 aliphatic rings. The molecule has 0 amide bonds. The van der Waals surface area contributed by atoms with E-state index >= 15 is 0 Å². The van der Waals surface area contributed by atoms with E-state index in [-0.39, 0.29) is 11.4 Å². The molecule has 96 valence electrons. The largest absolute Gasteiger partial charge is 0.382 e. The van der Waals surface area contributed by atoms with Crippen LogP contribution in [0.2, 0.25) is 5.02 Å². The van der Waals surface area contributed by atoms with E-state index < -0.39 is 0 Å². The Morgan fingerprint density at radius 1 is 1.29 bits per heavy atom. The van der Waals surface area contributed by atoms with Crippen molar-refractivity contribution in [2.24, 2.45) is 0 Å². The van der Waals surface area contributed by atoms with Crippen LogP contribution in [0.25, 0.3) is 0 Å². The van der Waals surface area contributed by atoms with Crippen molar-refractivity contribution in [2.45, 2.75) is 26.3 Å². The molecule has 0 heterocycles. The highest BCUT2D eigenvalue weighted by molar-refractivity contribution is 9.10. The lowest BCUT2D eigenvalue weighted by Gasteiger charge is -2.21. The summed E-state index contributed by atoms with van der Waals surface area (Å²) in [6.45, 7) is 7.85. The molecule has 0 aliphatic heterocycles. The van der Waals surface area contributed by atoms with Crippen LogP contribution in [0.1, 0.15) is 20.8 Å². The van der Waals surface area contributed by atoms with Crippen molar-refractivity contribution in [2.75, 3.05) is 18.4 Å². The third-order valence-electron chi connectivity index (χ3n) is 2.09. The molecule has 2 nitrogen and oxygen atoms in total. The minimum absolute atomic E-state index is 0.0888. The first-order chi connectivity index (χ1) is 7.79. The molecule has 2 N–H and O–H groups in total. The molecule has 5 heteroatoms. The van der Waals surface area contributed by atoms with Crippen LogP contribution in [-0.2, 0) is 0 Å². The van der Waals surface area contributed by atoms with Crippen molar-refractivity contribution < 1.29 is 4.39 Å². The lowest BCUT2D eigenvalue weighted by molar-refractivity contribution is 0.435. The van der Waals surface area contributed by atoms with Crippen molar-refractivity contribution in [3.63, 3.8) is 0 Å². The fourth-order valence-corrected chi connectivity index (χ4v) is 2.30. The number of rotatable bonds is 4. The van der Waals surface area contributed by atoms with Gasteiger partial charge in [0, 0.05) is 23.1 Å². The Morgan fingerprint density at radius 2 is 1.94 bits per heavy atom. The molecule has 0 spiro atoms. The number of halogens is 3. The second-order valence-electron chi connectivity index (χ2n) is 4.85. The van der Waals surface area contributed by atoms with Gasteiger partial charge in [0.05, 0.1) is 10.7 Å². The first-order valence-corrected chi connectivity index (χ1v) is 6.60. The van der Waals surface area contributed by atoms with Gasteiger partial charge in [-0.3, -0.25) is 0 Å². The van der Waals surface area contributed by atoms with Gasteiger partial charge >= 0.3 is 0 Å². The van der Waals surface area contributed by atoms with Crippen molar-refractivity contribution >= 4 is 33.2 Å². The van der Waals surface area contributed by atoms with Gasteiger partial charge in [-0.2, -0.15) is 0 Å². The summed E-state index contributed by atoms with van der Waals surface area (Å²) >= 11 is 9.23. The maximum absolute atomic E-state index is 13.0. The Bertz CT molecular complexity index is 368. The van der Waals surface area contributed by atoms with Crippen molar-refractivity contribution in [3.05, 3.63) is 27.4 Å². The number of benzene rings is 1. The van der Waals surface area contributed by atoms with E-state index in [1.807, 2.05) is 0 Å². The third kappa shape index (κ3) is 5.23. The fourth-order valence-electron chi connectivity index (χ4n) is 1.34. The van der Waals surface area contributed by atoms with E-state index in [0.29, 0.717) is 9.50 Å². The maximum Gasteiger partial charge on any atom is 0.125 e. The zero-order chi connectivity index (χ0) is 13.1. The van der Waals surface area contributed by atoms with Gasteiger partial charge in [-0.25, -0.2) is 4.39 Å². The summed E-state index contributed by atoms with van der Waals surface area (Å²) in [5, 5.41) is 6.90. The predicted octanol–water partition coefficient (Wildman–Crippen LogP) is 4.04. The van der Waals surface area contributed by atoms with Crippen LogP contribution < -0.4 is 10.6 Å². The molecule has 0 aliphatic carbocycles. The average Bonchev–Trinajstić information content (AvgIpc) is 2.13. The fraction of sp³-hybridized carbons (Fsp3) is 0.500. The second-order valence-corrected chi connectivity index (χ2v) is 6.11. The molecule has 0 atom stereocenters. The predicted molar refractivity (Wildman–Crippen MR) is 75.4 cm³/mol. The van der Waals surface area contributed by atoms with Crippen LogP contribution in [0.3, 0.4) is 0 Å².